The highest BCUT2D eigenvalue weighted by molar-refractivity contribution is 5.36. The standard InChI is InChI=1S/C21H18N2O/c22-15-21(23-16-17-8-3-1-4-9-17)18-10-7-13-20(14-18)24-19-11-5-2-6-12-19/h1-14,21,23H,16H2. The smallest absolute Gasteiger partial charge is 0.127 e. The van der Waals surface area contributed by atoms with E-state index < -0.39 is 0 Å². The third-order valence-corrected chi connectivity index (χ3v) is 3.65. The van der Waals surface area contributed by atoms with E-state index in [1.165, 1.54) is 0 Å². The normalized spacial score (nSPS) is 11.5. The fourth-order valence-electron chi connectivity index (χ4n) is 2.44. The van der Waals surface area contributed by atoms with Gasteiger partial charge < -0.3 is 4.74 Å². The zero-order valence-corrected chi connectivity index (χ0v) is 13.2. The second-order valence-corrected chi connectivity index (χ2v) is 5.42. The molecular weight excluding hydrogens is 296 g/mol. The van der Waals surface area contributed by atoms with Crippen molar-refractivity contribution < 1.29 is 4.74 Å². The fourth-order valence-corrected chi connectivity index (χ4v) is 2.44. The molecule has 0 saturated heterocycles. The van der Waals surface area contributed by atoms with E-state index in [-0.39, 0.29) is 6.04 Å². The number of nitrogens with zero attached hydrogens (tertiary/aromatic N) is 1. The Morgan fingerprint density at radius 2 is 1.50 bits per heavy atom. The summed E-state index contributed by atoms with van der Waals surface area (Å²) >= 11 is 0. The molecule has 3 aromatic carbocycles. The van der Waals surface area contributed by atoms with Crippen molar-refractivity contribution in [1.29, 1.82) is 5.26 Å². The van der Waals surface area contributed by atoms with Gasteiger partial charge in [0.25, 0.3) is 0 Å². The van der Waals surface area contributed by atoms with Crippen LogP contribution in [0.25, 0.3) is 0 Å². The van der Waals surface area contributed by atoms with E-state index >= 15 is 0 Å². The van der Waals surface area contributed by atoms with Gasteiger partial charge in [-0.1, -0.05) is 60.7 Å². The summed E-state index contributed by atoms with van der Waals surface area (Å²) in [5, 5.41) is 12.8. The average molecular weight is 314 g/mol. The van der Waals surface area contributed by atoms with Crippen LogP contribution in [0.15, 0.2) is 84.9 Å². The number of nitrogens with one attached hydrogen (secondary N) is 1. The van der Waals surface area contributed by atoms with Gasteiger partial charge in [0.1, 0.15) is 17.5 Å². The van der Waals surface area contributed by atoms with E-state index in [1.54, 1.807) is 0 Å². The molecule has 24 heavy (non-hydrogen) atoms. The first-order valence-corrected chi connectivity index (χ1v) is 7.85. The number of nitriles is 1. The van der Waals surface area contributed by atoms with E-state index in [4.69, 9.17) is 4.74 Å². The molecule has 1 atom stereocenters. The Balaban J connectivity index is 1.70. The van der Waals surface area contributed by atoms with Crippen molar-refractivity contribution in [3.8, 4) is 17.6 Å². The van der Waals surface area contributed by atoms with Gasteiger partial charge in [-0.2, -0.15) is 5.26 Å². The Morgan fingerprint density at radius 1 is 0.833 bits per heavy atom. The lowest BCUT2D eigenvalue weighted by molar-refractivity contribution is 0.481. The van der Waals surface area contributed by atoms with Crippen LogP contribution in [0.2, 0.25) is 0 Å². The molecule has 0 aromatic heterocycles. The Hall–Kier alpha value is -3.09. The Kier molecular flexibility index (Phi) is 5.24. The molecule has 0 radical (unpaired) electrons. The Bertz CT molecular complexity index is 810. The van der Waals surface area contributed by atoms with Gasteiger partial charge in [-0.25, -0.2) is 0 Å². The third-order valence-electron chi connectivity index (χ3n) is 3.65. The first kappa shape index (κ1) is 15.8. The van der Waals surface area contributed by atoms with Crippen LogP contribution in [0.1, 0.15) is 17.2 Å². The molecule has 0 heterocycles. The van der Waals surface area contributed by atoms with Crippen LogP contribution in [0.4, 0.5) is 0 Å². The van der Waals surface area contributed by atoms with Crippen molar-refractivity contribution in [2.24, 2.45) is 0 Å². The van der Waals surface area contributed by atoms with Gasteiger partial charge in [0, 0.05) is 6.54 Å². The third kappa shape index (κ3) is 4.22. The van der Waals surface area contributed by atoms with Crippen LogP contribution in [0.3, 0.4) is 0 Å². The van der Waals surface area contributed by atoms with Gasteiger partial charge in [-0.05, 0) is 35.4 Å². The molecule has 3 rings (SSSR count). The largest absolute Gasteiger partial charge is 0.457 e. The van der Waals surface area contributed by atoms with E-state index in [1.807, 2.05) is 84.9 Å². The lowest BCUT2D eigenvalue weighted by Gasteiger charge is -2.13. The molecule has 0 aliphatic heterocycles. The highest BCUT2D eigenvalue weighted by atomic mass is 16.5. The number of para-hydroxylation sites is 1. The van der Waals surface area contributed by atoms with Gasteiger partial charge in [0.05, 0.1) is 6.07 Å². The first-order valence-electron chi connectivity index (χ1n) is 7.85. The highest BCUT2D eigenvalue weighted by Crippen LogP contribution is 2.24. The predicted molar refractivity (Wildman–Crippen MR) is 94.6 cm³/mol. The molecule has 1 unspecified atom stereocenters. The zero-order valence-electron chi connectivity index (χ0n) is 13.2. The molecule has 3 aromatic rings. The minimum atomic E-state index is -0.385. The molecule has 0 fully saturated rings. The topological polar surface area (TPSA) is 45.0 Å². The number of hydrogen-bond donors (Lipinski definition) is 1. The molecule has 118 valence electrons. The van der Waals surface area contributed by atoms with Crippen molar-refractivity contribution in [3.05, 3.63) is 96.1 Å². The lowest BCUT2D eigenvalue weighted by Crippen LogP contribution is -2.19. The molecule has 0 aliphatic rings. The summed E-state index contributed by atoms with van der Waals surface area (Å²) in [6.07, 6.45) is 0. The molecule has 3 heteroatoms. The first-order chi connectivity index (χ1) is 11.8. The number of ether oxygens (including phenoxy) is 1. The van der Waals surface area contributed by atoms with Crippen LogP contribution >= 0.6 is 0 Å². The van der Waals surface area contributed by atoms with E-state index in [0.29, 0.717) is 6.54 Å². The van der Waals surface area contributed by atoms with Crippen LogP contribution < -0.4 is 10.1 Å². The summed E-state index contributed by atoms with van der Waals surface area (Å²) in [5.74, 6) is 1.50. The van der Waals surface area contributed by atoms with E-state index in [2.05, 4.69) is 11.4 Å². The summed E-state index contributed by atoms with van der Waals surface area (Å²) in [4.78, 5) is 0. The minimum absolute atomic E-state index is 0.385. The van der Waals surface area contributed by atoms with E-state index in [9.17, 15) is 5.26 Å². The monoisotopic (exact) mass is 314 g/mol. The molecular formula is C21H18N2O. The van der Waals surface area contributed by atoms with Crippen molar-refractivity contribution >= 4 is 0 Å². The van der Waals surface area contributed by atoms with Crippen LogP contribution in [-0.2, 0) is 6.54 Å². The maximum atomic E-state index is 9.48. The maximum Gasteiger partial charge on any atom is 0.127 e. The highest BCUT2D eigenvalue weighted by Gasteiger charge is 2.11. The van der Waals surface area contributed by atoms with Gasteiger partial charge in [0.2, 0.25) is 0 Å². The summed E-state index contributed by atoms with van der Waals surface area (Å²) in [6.45, 7) is 0.642. The fraction of sp³-hybridized carbons (Fsp3) is 0.0952. The van der Waals surface area contributed by atoms with Gasteiger partial charge in [-0.15, -0.1) is 0 Å². The SMILES string of the molecule is N#CC(NCc1ccccc1)c1cccc(Oc2ccccc2)c1. The summed E-state index contributed by atoms with van der Waals surface area (Å²) in [7, 11) is 0. The predicted octanol–water partition coefficient (Wildman–Crippen LogP) is 4.83. The van der Waals surface area contributed by atoms with Crippen molar-refractivity contribution in [2.75, 3.05) is 0 Å². The second-order valence-electron chi connectivity index (χ2n) is 5.42. The molecule has 0 amide bonds. The Labute approximate surface area is 142 Å². The number of rotatable bonds is 6. The quantitative estimate of drug-likeness (QED) is 0.708. The molecule has 3 nitrogen and oxygen atoms in total. The minimum Gasteiger partial charge on any atom is -0.457 e. The molecule has 0 saturated carbocycles. The molecule has 1 N–H and O–H groups in total. The van der Waals surface area contributed by atoms with Crippen LogP contribution in [0, 0.1) is 11.3 Å². The summed E-state index contributed by atoms with van der Waals surface area (Å²) in [6, 6.07) is 29.2. The number of hydrogen-bond acceptors (Lipinski definition) is 3. The maximum absolute atomic E-state index is 9.48. The van der Waals surface area contributed by atoms with Crippen LogP contribution in [0.5, 0.6) is 11.5 Å². The summed E-state index contributed by atoms with van der Waals surface area (Å²) in [5.41, 5.74) is 2.04. The molecule has 0 bridgehead atoms. The van der Waals surface area contributed by atoms with Gasteiger partial charge in [0.15, 0.2) is 0 Å². The second kappa shape index (κ2) is 7.96. The van der Waals surface area contributed by atoms with Gasteiger partial charge >= 0.3 is 0 Å². The molecule has 0 aliphatic carbocycles. The van der Waals surface area contributed by atoms with Crippen LogP contribution in [-0.4, -0.2) is 0 Å². The zero-order chi connectivity index (χ0) is 16.6. The summed E-state index contributed by atoms with van der Waals surface area (Å²) < 4.78 is 5.84. The van der Waals surface area contributed by atoms with Crippen molar-refractivity contribution in [2.45, 2.75) is 12.6 Å². The van der Waals surface area contributed by atoms with Crippen molar-refractivity contribution in [1.82, 2.24) is 5.32 Å². The van der Waals surface area contributed by atoms with E-state index in [0.717, 1.165) is 22.6 Å². The number of benzene rings is 3. The van der Waals surface area contributed by atoms with Crippen molar-refractivity contribution in [3.63, 3.8) is 0 Å². The Morgan fingerprint density at radius 3 is 2.21 bits per heavy atom. The van der Waals surface area contributed by atoms with Gasteiger partial charge in [-0.3, -0.25) is 5.32 Å². The average Bonchev–Trinajstić information content (AvgIpc) is 2.64. The lowest BCUT2D eigenvalue weighted by atomic mass is 10.1. The molecule has 0 spiro atoms.